The van der Waals surface area contributed by atoms with Crippen LogP contribution in [0.25, 0.3) is 0 Å². The molecule has 0 amide bonds. The van der Waals surface area contributed by atoms with Gasteiger partial charge in [0.05, 0.1) is 0 Å². The van der Waals surface area contributed by atoms with Crippen molar-refractivity contribution in [1.82, 2.24) is 5.32 Å². The summed E-state index contributed by atoms with van der Waals surface area (Å²) in [5.74, 6) is 1.14. The van der Waals surface area contributed by atoms with Gasteiger partial charge >= 0.3 is 5.97 Å². The van der Waals surface area contributed by atoms with Crippen LogP contribution in [0.15, 0.2) is 0 Å². The number of halogens is 1. The van der Waals surface area contributed by atoms with Gasteiger partial charge in [-0.2, -0.15) is 0 Å². The molecule has 0 aromatic rings. The summed E-state index contributed by atoms with van der Waals surface area (Å²) in [4.78, 5) is 28.2. The van der Waals surface area contributed by atoms with E-state index in [0.717, 1.165) is 25.3 Å². The van der Waals surface area contributed by atoms with Crippen molar-refractivity contribution in [1.29, 1.82) is 0 Å². The Bertz CT molecular complexity index is 679. The molecule has 0 spiro atoms. The van der Waals surface area contributed by atoms with Crippen molar-refractivity contribution in [3.05, 3.63) is 0 Å². The van der Waals surface area contributed by atoms with Crippen LogP contribution >= 0.6 is 35.2 Å². The molecule has 0 aromatic heterocycles. The lowest BCUT2D eigenvalue weighted by Crippen LogP contribution is -2.63. The van der Waals surface area contributed by atoms with E-state index in [2.05, 4.69) is 82.1 Å². The quantitative estimate of drug-likeness (QED) is 0.0681. The van der Waals surface area contributed by atoms with Crippen LogP contribution in [0.3, 0.4) is 0 Å². The Morgan fingerprint density at radius 1 is 1.00 bits per heavy atom. The molecule has 8 heteroatoms. The number of carbonyl (C=O) groups excluding carboxylic acids is 1. The highest BCUT2D eigenvalue weighted by atomic mass is 127. The fourth-order valence-corrected chi connectivity index (χ4v) is 8.53. The zero-order valence-corrected chi connectivity index (χ0v) is 35.2. The maximum atomic E-state index is 11.2. The van der Waals surface area contributed by atoms with Gasteiger partial charge in [-0.15, -0.1) is 12.6 Å². The van der Waals surface area contributed by atoms with Gasteiger partial charge in [0.2, 0.25) is 0 Å². The minimum absolute atomic E-state index is 0.211. The normalized spacial score (nSPS) is 25.2. The molecule has 6 nitrogen and oxygen atoms in total. The predicted molar refractivity (Wildman–Crippen MR) is 211 cm³/mol. The summed E-state index contributed by atoms with van der Waals surface area (Å²) < 4.78 is 0.451. The number of rotatable bonds is 12. The molecule has 0 bridgehead atoms. The maximum absolute atomic E-state index is 11.2. The molecule has 45 heavy (non-hydrogen) atoms. The van der Waals surface area contributed by atoms with Crippen molar-refractivity contribution < 1.29 is 24.6 Å². The standard InChI is InChI=1S/C27H50INO2.4C2H6.CH2O2.CH2OS/c1-7-12-22(20(4)13-14-23(30)31)25(5,9-3)19-29-24-21(8-2)15-18-27(28)17-11-10-16-26(24,27)6;4*1-2;2*2-1-3/h20-22,24,29H,7-19H2,1-6H3,(H,30,31);4*1-2H3;2*1H,(H,2,3)/t20-,21?,22?,24?,25+,26?,27?;;;;;;/m0....../s1. The van der Waals surface area contributed by atoms with Gasteiger partial charge in [0.25, 0.3) is 6.47 Å². The molecule has 3 N–H and O–H groups in total. The monoisotopic (exact) mass is 775 g/mol. The van der Waals surface area contributed by atoms with Gasteiger partial charge in [-0.05, 0) is 73.5 Å². The summed E-state index contributed by atoms with van der Waals surface area (Å²) in [6, 6.07) is 0.603. The minimum Gasteiger partial charge on any atom is -0.483 e. The van der Waals surface area contributed by atoms with E-state index in [-0.39, 0.29) is 11.9 Å². The predicted octanol–water partition coefficient (Wildman–Crippen LogP) is 11.8. The van der Waals surface area contributed by atoms with Gasteiger partial charge in [0, 0.05) is 22.4 Å². The topological polar surface area (TPSA) is 104 Å². The Balaban J connectivity index is -0.000000330. The van der Waals surface area contributed by atoms with E-state index in [9.17, 15) is 9.90 Å². The molecule has 2 saturated carbocycles. The number of hydrogen-bond acceptors (Lipinski definition) is 4. The first-order valence-corrected chi connectivity index (χ1v) is 19.8. The van der Waals surface area contributed by atoms with E-state index in [1.165, 1.54) is 57.8 Å². The molecule has 7 atom stereocenters. The molecular formula is C37H78INO5S. The molecule has 0 saturated heterocycles. The van der Waals surface area contributed by atoms with Crippen molar-refractivity contribution in [2.45, 2.75) is 183 Å². The number of carboxylic acid groups (broad SMARTS) is 2. The lowest BCUT2D eigenvalue weighted by molar-refractivity contribution is -0.137. The second-order valence-corrected chi connectivity index (χ2v) is 14.0. The average Bonchev–Trinajstić information content (AvgIpc) is 3.06. The first-order chi connectivity index (χ1) is 21.4. The molecule has 5 unspecified atom stereocenters. The summed E-state index contributed by atoms with van der Waals surface area (Å²) in [5, 5.41) is 20.3. The van der Waals surface area contributed by atoms with Crippen LogP contribution in [0.5, 0.6) is 0 Å². The maximum Gasteiger partial charge on any atom is 0.303 e. The van der Waals surface area contributed by atoms with Gasteiger partial charge in [-0.25, -0.2) is 0 Å². The third kappa shape index (κ3) is 19.3. The van der Waals surface area contributed by atoms with E-state index in [4.69, 9.17) is 14.7 Å². The van der Waals surface area contributed by atoms with Crippen molar-refractivity contribution in [3.8, 4) is 0 Å². The van der Waals surface area contributed by atoms with Gasteiger partial charge in [-0.1, -0.05) is 145 Å². The van der Waals surface area contributed by atoms with Crippen LogP contribution in [-0.4, -0.2) is 44.3 Å². The SMILES string of the molecule is CC.CC.CC.CC.CCCC([C@@H](C)CCC(=O)O)[C@](C)(CC)CNC1C(CC)CCC2(I)CCCCC12C.O=CO.O=CS. The van der Waals surface area contributed by atoms with Crippen LogP contribution in [0.4, 0.5) is 0 Å². The number of carbonyl (C=O) groups is 3. The fraction of sp³-hybridized carbons (Fsp3) is 0.919. The molecule has 0 heterocycles. The Morgan fingerprint density at radius 2 is 1.47 bits per heavy atom. The first kappa shape index (κ1) is 54.1. The molecule has 0 aliphatic heterocycles. The lowest BCUT2D eigenvalue weighted by Gasteiger charge is -2.59. The summed E-state index contributed by atoms with van der Waals surface area (Å²) in [7, 11) is 0. The summed E-state index contributed by atoms with van der Waals surface area (Å²) in [6.07, 6.45) is 14.2. The highest BCUT2D eigenvalue weighted by Gasteiger charge is 2.56. The number of thiol groups is 1. The minimum atomic E-state index is -0.657. The average molecular weight is 776 g/mol. The van der Waals surface area contributed by atoms with E-state index in [1.807, 2.05) is 55.4 Å². The summed E-state index contributed by atoms with van der Waals surface area (Å²) >= 11 is 5.96. The Kier molecular flexibility index (Phi) is 40.3. The molecular weight excluding hydrogens is 697 g/mol. The highest BCUT2D eigenvalue weighted by Crippen LogP contribution is 2.59. The summed E-state index contributed by atoms with van der Waals surface area (Å²) in [6.45, 7) is 31.2. The molecule has 0 radical (unpaired) electrons. The van der Waals surface area contributed by atoms with E-state index in [0.29, 0.717) is 38.8 Å². The fourth-order valence-electron chi connectivity index (χ4n) is 7.23. The van der Waals surface area contributed by atoms with Crippen molar-refractivity contribution in [3.63, 3.8) is 0 Å². The second-order valence-electron chi connectivity index (χ2n) is 11.7. The van der Waals surface area contributed by atoms with Crippen LogP contribution in [0, 0.1) is 28.6 Å². The number of nitrogens with one attached hydrogen (secondary N) is 1. The largest absolute Gasteiger partial charge is 0.483 e. The Hall–Kier alpha value is -0.350. The molecule has 2 aliphatic carbocycles. The summed E-state index contributed by atoms with van der Waals surface area (Å²) in [5.41, 5.74) is 1.04. The smallest absolute Gasteiger partial charge is 0.303 e. The van der Waals surface area contributed by atoms with E-state index < -0.39 is 5.97 Å². The number of carboxylic acids is 1. The number of aliphatic carboxylic acids is 1. The molecule has 2 aliphatic rings. The Labute approximate surface area is 300 Å². The molecule has 2 fully saturated rings. The lowest BCUT2D eigenvalue weighted by atomic mass is 9.54. The van der Waals surface area contributed by atoms with Crippen molar-refractivity contribution in [2.24, 2.45) is 28.6 Å². The molecule has 274 valence electrons. The third-order valence-electron chi connectivity index (χ3n) is 9.67. The molecule has 2 rings (SSSR count). The number of alkyl halides is 1. The Morgan fingerprint density at radius 3 is 1.87 bits per heavy atom. The highest BCUT2D eigenvalue weighted by molar-refractivity contribution is 14.1. The second kappa shape index (κ2) is 33.5. The van der Waals surface area contributed by atoms with Crippen molar-refractivity contribution in [2.75, 3.05) is 6.54 Å². The van der Waals surface area contributed by atoms with Gasteiger partial charge in [0.15, 0.2) is 5.62 Å². The zero-order valence-electron chi connectivity index (χ0n) is 32.1. The first-order valence-electron chi connectivity index (χ1n) is 18.2. The van der Waals surface area contributed by atoms with Crippen LogP contribution < -0.4 is 5.32 Å². The van der Waals surface area contributed by atoms with Crippen LogP contribution in [0.1, 0.15) is 174 Å². The zero-order chi connectivity index (χ0) is 36.7. The van der Waals surface area contributed by atoms with Gasteiger partial charge < -0.3 is 15.5 Å². The van der Waals surface area contributed by atoms with E-state index in [1.54, 1.807) is 0 Å². The molecule has 0 aromatic carbocycles. The van der Waals surface area contributed by atoms with Gasteiger partial charge in [0.1, 0.15) is 0 Å². The van der Waals surface area contributed by atoms with E-state index >= 15 is 0 Å². The third-order valence-corrected chi connectivity index (χ3v) is 12.0. The van der Waals surface area contributed by atoms with Crippen LogP contribution in [-0.2, 0) is 14.4 Å². The van der Waals surface area contributed by atoms with Crippen molar-refractivity contribution >= 4 is 53.3 Å². The van der Waals surface area contributed by atoms with Crippen LogP contribution in [0.2, 0.25) is 0 Å². The number of fused-ring (bicyclic) bond motifs is 1. The number of hydrogen-bond donors (Lipinski definition) is 4. The van der Waals surface area contributed by atoms with Gasteiger partial charge in [-0.3, -0.25) is 14.4 Å².